The van der Waals surface area contributed by atoms with E-state index in [-0.39, 0.29) is 6.54 Å². The van der Waals surface area contributed by atoms with Gasteiger partial charge in [0, 0.05) is 5.02 Å². The van der Waals surface area contributed by atoms with Crippen LogP contribution in [-0.2, 0) is 12.6 Å². The van der Waals surface area contributed by atoms with Crippen molar-refractivity contribution >= 4 is 11.6 Å². The zero-order valence-electron chi connectivity index (χ0n) is 7.24. The largest absolute Gasteiger partial charge is 0.416 e. The van der Waals surface area contributed by atoms with Gasteiger partial charge >= 0.3 is 6.18 Å². The third-order valence-corrected chi connectivity index (χ3v) is 2.16. The molecule has 0 aliphatic carbocycles. The molecule has 78 valence electrons. The number of halogens is 4. The van der Waals surface area contributed by atoms with E-state index in [2.05, 4.69) is 0 Å². The fourth-order valence-electron chi connectivity index (χ4n) is 1.10. The summed E-state index contributed by atoms with van der Waals surface area (Å²) in [7, 11) is 0. The molecule has 0 fully saturated rings. The monoisotopic (exact) mass is 223 g/mol. The van der Waals surface area contributed by atoms with Gasteiger partial charge in [-0.2, -0.15) is 13.2 Å². The van der Waals surface area contributed by atoms with Gasteiger partial charge < -0.3 is 5.73 Å². The minimum Gasteiger partial charge on any atom is -0.330 e. The molecule has 2 N–H and O–H groups in total. The lowest BCUT2D eigenvalue weighted by Crippen LogP contribution is -2.08. The quantitative estimate of drug-likeness (QED) is 0.820. The molecule has 0 saturated heterocycles. The van der Waals surface area contributed by atoms with Crippen LogP contribution in [0.3, 0.4) is 0 Å². The molecule has 0 amide bonds. The van der Waals surface area contributed by atoms with Crippen molar-refractivity contribution in [3.05, 3.63) is 34.3 Å². The van der Waals surface area contributed by atoms with Gasteiger partial charge in [-0.25, -0.2) is 0 Å². The van der Waals surface area contributed by atoms with Crippen LogP contribution in [0.4, 0.5) is 13.2 Å². The molecule has 0 saturated carbocycles. The molecule has 0 heterocycles. The Balaban J connectivity index is 3.06. The van der Waals surface area contributed by atoms with Gasteiger partial charge in [0.1, 0.15) is 0 Å². The van der Waals surface area contributed by atoms with Crippen molar-refractivity contribution in [2.45, 2.75) is 12.6 Å². The lowest BCUT2D eigenvalue weighted by atomic mass is 10.1. The molecule has 0 spiro atoms. The van der Waals surface area contributed by atoms with E-state index in [4.69, 9.17) is 17.3 Å². The van der Waals surface area contributed by atoms with Crippen molar-refractivity contribution in [3.63, 3.8) is 0 Å². The molecule has 0 aliphatic rings. The van der Waals surface area contributed by atoms with Gasteiger partial charge in [0.15, 0.2) is 0 Å². The van der Waals surface area contributed by atoms with Gasteiger partial charge in [-0.15, -0.1) is 0 Å². The normalized spacial score (nSPS) is 11.8. The zero-order chi connectivity index (χ0) is 10.8. The highest BCUT2D eigenvalue weighted by molar-refractivity contribution is 6.31. The van der Waals surface area contributed by atoms with Crippen LogP contribution in [0.1, 0.15) is 11.1 Å². The number of rotatable bonds is 2. The topological polar surface area (TPSA) is 26.0 Å². The van der Waals surface area contributed by atoms with Crippen LogP contribution in [-0.4, -0.2) is 6.54 Å². The van der Waals surface area contributed by atoms with E-state index in [0.717, 1.165) is 12.1 Å². The fourth-order valence-corrected chi connectivity index (χ4v) is 1.31. The summed E-state index contributed by atoms with van der Waals surface area (Å²) < 4.78 is 36.8. The van der Waals surface area contributed by atoms with E-state index in [0.29, 0.717) is 17.0 Å². The fraction of sp³-hybridized carbons (Fsp3) is 0.333. The molecule has 14 heavy (non-hydrogen) atoms. The summed E-state index contributed by atoms with van der Waals surface area (Å²) in [4.78, 5) is 0. The molecule has 1 nitrogen and oxygen atoms in total. The lowest BCUT2D eigenvalue weighted by Gasteiger charge is -2.09. The Hall–Kier alpha value is -0.740. The highest BCUT2D eigenvalue weighted by Crippen LogP contribution is 2.31. The molecule has 5 heteroatoms. The predicted octanol–water partition coefficient (Wildman–Crippen LogP) is 2.86. The van der Waals surface area contributed by atoms with Crippen molar-refractivity contribution in [1.29, 1.82) is 0 Å². The highest BCUT2D eigenvalue weighted by Gasteiger charge is 2.30. The van der Waals surface area contributed by atoms with Crippen LogP contribution in [0.15, 0.2) is 18.2 Å². The van der Waals surface area contributed by atoms with E-state index in [1.807, 2.05) is 0 Å². The molecule has 0 aromatic heterocycles. The van der Waals surface area contributed by atoms with E-state index in [1.54, 1.807) is 0 Å². The number of hydrogen-bond acceptors (Lipinski definition) is 1. The third kappa shape index (κ3) is 2.62. The van der Waals surface area contributed by atoms with Gasteiger partial charge in [0.2, 0.25) is 0 Å². The first kappa shape index (κ1) is 11.3. The van der Waals surface area contributed by atoms with Gasteiger partial charge in [-0.1, -0.05) is 11.6 Å². The van der Waals surface area contributed by atoms with Crippen LogP contribution >= 0.6 is 11.6 Å². The summed E-state index contributed by atoms with van der Waals surface area (Å²) in [6, 6.07) is 3.24. The SMILES string of the molecule is NCCc1cc(C(F)(F)F)ccc1Cl. The summed E-state index contributed by atoms with van der Waals surface area (Å²) in [5, 5.41) is 0.323. The summed E-state index contributed by atoms with van der Waals surface area (Å²) in [5.74, 6) is 0. The number of hydrogen-bond donors (Lipinski definition) is 1. The first-order valence-corrected chi connectivity index (χ1v) is 4.38. The molecule has 0 bridgehead atoms. The van der Waals surface area contributed by atoms with Gasteiger partial charge in [0.25, 0.3) is 0 Å². The van der Waals surface area contributed by atoms with E-state index in [1.165, 1.54) is 6.07 Å². The van der Waals surface area contributed by atoms with E-state index < -0.39 is 11.7 Å². The van der Waals surface area contributed by atoms with Crippen molar-refractivity contribution in [2.75, 3.05) is 6.54 Å². The van der Waals surface area contributed by atoms with Gasteiger partial charge in [-0.3, -0.25) is 0 Å². The Morgan fingerprint density at radius 1 is 1.29 bits per heavy atom. The van der Waals surface area contributed by atoms with Gasteiger partial charge in [0.05, 0.1) is 5.56 Å². The average Bonchev–Trinajstić information content (AvgIpc) is 2.07. The van der Waals surface area contributed by atoms with Crippen LogP contribution in [0.2, 0.25) is 5.02 Å². The molecule has 0 radical (unpaired) electrons. The van der Waals surface area contributed by atoms with Gasteiger partial charge in [-0.05, 0) is 36.7 Å². The molecule has 0 aliphatic heterocycles. The second-order valence-corrected chi connectivity index (χ2v) is 3.25. The first-order valence-electron chi connectivity index (χ1n) is 4.01. The Labute approximate surface area is 84.7 Å². The minimum atomic E-state index is -4.33. The summed E-state index contributed by atoms with van der Waals surface area (Å²) in [6.07, 6.45) is -3.98. The molecule has 1 aromatic rings. The molecular formula is C9H9ClF3N. The number of benzene rings is 1. The van der Waals surface area contributed by atoms with Crippen molar-refractivity contribution in [3.8, 4) is 0 Å². The standard InChI is InChI=1S/C9H9ClF3N/c10-8-2-1-7(9(11,12)13)5-6(8)3-4-14/h1-2,5H,3-4,14H2. The summed E-state index contributed by atoms with van der Waals surface area (Å²) in [6.45, 7) is 0.279. The molecule has 0 unspecified atom stereocenters. The molecule has 1 rings (SSSR count). The maximum Gasteiger partial charge on any atom is 0.416 e. The zero-order valence-corrected chi connectivity index (χ0v) is 7.99. The molecular weight excluding hydrogens is 215 g/mol. The Morgan fingerprint density at radius 3 is 2.43 bits per heavy atom. The van der Waals surface area contributed by atoms with Crippen LogP contribution < -0.4 is 5.73 Å². The maximum absolute atomic E-state index is 12.3. The summed E-state index contributed by atoms with van der Waals surface area (Å²) in [5.41, 5.74) is 4.99. The summed E-state index contributed by atoms with van der Waals surface area (Å²) >= 11 is 5.70. The highest BCUT2D eigenvalue weighted by atomic mass is 35.5. The van der Waals surface area contributed by atoms with Crippen molar-refractivity contribution < 1.29 is 13.2 Å². The Kier molecular flexibility index (Phi) is 3.39. The second kappa shape index (κ2) is 4.19. The number of nitrogens with two attached hydrogens (primary N) is 1. The minimum absolute atomic E-state index is 0.279. The van der Waals surface area contributed by atoms with E-state index >= 15 is 0 Å². The number of alkyl halides is 3. The molecule has 0 atom stereocenters. The van der Waals surface area contributed by atoms with Crippen molar-refractivity contribution in [1.82, 2.24) is 0 Å². The van der Waals surface area contributed by atoms with Crippen LogP contribution in [0, 0.1) is 0 Å². The van der Waals surface area contributed by atoms with E-state index in [9.17, 15) is 13.2 Å². The maximum atomic E-state index is 12.3. The van der Waals surface area contributed by atoms with Crippen LogP contribution in [0.25, 0.3) is 0 Å². The lowest BCUT2D eigenvalue weighted by molar-refractivity contribution is -0.137. The van der Waals surface area contributed by atoms with Crippen molar-refractivity contribution in [2.24, 2.45) is 5.73 Å². The predicted molar refractivity (Wildman–Crippen MR) is 49.2 cm³/mol. The van der Waals surface area contributed by atoms with Crippen LogP contribution in [0.5, 0.6) is 0 Å². The third-order valence-electron chi connectivity index (χ3n) is 1.79. The molecule has 1 aromatic carbocycles. The Bertz CT molecular complexity index is 322. The Morgan fingerprint density at radius 2 is 1.93 bits per heavy atom. The first-order chi connectivity index (χ1) is 6.45. The smallest absolute Gasteiger partial charge is 0.330 e. The second-order valence-electron chi connectivity index (χ2n) is 2.84. The average molecular weight is 224 g/mol.